The first-order chi connectivity index (χ1) is 14.7. The number of benzene rings is 1. The monoisotopic (exact) mass is 419 g/mol. The Morgan fingerprint density at radius 2 is 1.81 bits per heavy atom. The van der Waals surface area contributed by atoms with Crippen molar-refractivity contribution in [2.24, 2.45) is 13.0 Å². The molecule has 31 heavy (non-hydrogen) atoms. The Kier molecular flexibility index (Phi) is 5.52. The summed E-state index contributed by atoms with van der Waals surface area (Å²) in [5, 5.41) is 11.3. The number of carbonyl (C=O) groups excluding carboxylic acids is 2. The van der Waals surface area contributed by atoms with Gasteiger partial charge in [0.05, 0.1) is 22.7 Å². The Bertz CT molecular complexity index is 1140. The minimum Gasteiger partial charge on any atom is -0.345 e. The molecule has 1 unspecified atom stereocenters. The van der Waals surface area contributed by atoms with Crippen LogP contribution in [0.3, 0.4) is 0 Å². The summed E-state index contributed by atoms with van der Waals surface area (Å²) < 4.78 is 1.73. The zero-order valence-corrected chi connectivity index (χ0v) is 18.7. The van der Waals surface area contributed by atoms with E-state index in [9.17, 15) is 9.59 Å². The molecule has 3 aromatic rings. The van der Waals surface area contributed by atoms with Gasteiger partial charge in [-0.2, -0.15) is 5.10 Å². The van der Waals surface area contributed by atoms with Crippen molar-refractivity contribution in [1.82, 2.24) is 20.1 Å². The second kappa shape index (κ2) is 8.13. The van der Waals surface area contributed by atoms with Crippen LogP contribution in [0.15, 0.2) is 30.3 Å². The van der Waals surface area contributed by atoms with E-state index >= 15 is 0 Å². The molecule has 0 aliphatic heterocycles. The van der Waals surface area contributed by atoms with Crippen LogP contribution in [0, 0.1) is 12.8 Å². The lowest BCUT2D eigenvalue weighted by Gasteiger charge is -2.16. The molecule has 1 aromatic carbocycles. The van der Waals surface area contributed by atoms with Crippen molar-refractivity contribution in [3.63, 3.8) is 0 Å². The molecule has 4 rings (SSSR count). The Labute approximate surface area is 182 Å². The van der Waals surface area contributed by atoms with Gasteiger partial charge in [0.2, 0.25) is 5.91 Å². The summed E-state index contributed by atoms with van der Waals surface area (Å²) in [5.74, 6) is 0.302. The van der Waals surface area contributed by atoms with Crippen molar-refractivity contribution in [3.8, 4) is 0 Å². The molecule has 0 saturated heterocycles. The van der Waals surface area contributed by atoms with Gasteiger partial charge >= 0.3 is 0 Å². The Balaban J connectivity index is 1.55. The van der Waals surface area contributed by atoms with E-state index in [4.69, 9.17) is 4.98 Å². The topological polar surface area (TPSA) is 88.9 Å². The summed E-state index contributed by atoms with van der Waals surface area (Å²) in [6.07, 6.45) is 1.95. The predicted octanol–water partition coefficient (Wildman–Crippen LogP) is 4.24. The Hall–Kier alpha value is -3.22. The van der Waals surface area contributed by atoms with E-state index in [1.807, 2.05) is 51.2 Å². The average molecular weight is 420 g/mol. The molecule has 1 aliphatic rings. The molecule has 1 aliphatic carbocycles. The van der Waals surface area contributed by atoms with Crippen LogP contribution in [0.4, 0.5) is 5.69 Å². The summed E-state index contributed by atoms with van der Waals surface area (Å²) in [6.45, 7) is 7.97. The fourth-order valence-corrected chi connectivity index (χ4v) is 3.74. The van der Waals surface area contributed by atoms with Gasteiger partial charge in [0, 0.05) is 24.3 Å². The fourth-order valence-electron chi connectivity index (χ4n) is 3.74. The van der Waals surface area contributed by atoms with Gasteiger partial charge in [0.1, 0.15) is 0 Å². The van der Waals surface area contributed by atoms with Crippen molar-refractivity contribution in [2.75, 3.05) is 5.32 Å². The molecule has 7 nitrogen and oxygen atoms in total. The van der Waals surface area contributed by atoms with Crippen LogP contribution in [0.2, 0.25) is 0 Å². The fraction of sp³-hybridized carbons (Fsp3) is 0.417. The third kappa shape index (κ3) is 4.31. The first-order valence-corrected chi connectivity index (χ1v) is 10.8. The molecule has 0 bridgehead atoms. The average Bonchev–Trinajstić information content (AvgIpc) is 3.54. The lowest BCUT2D eigenvalue weighted by Crippen LogP contribution is -2.27. The molecule has 2 aromatic heterocycles. The summed E-state index contributed by atoms with van der Waals surface area (Å²) in [4.78, 5) is 29.9. The first kappa shape index (κ1) is 21.0. The number of carbonyl (C=O) groups is 2. The number of pyridine rings is 1. The Morgan fingerprint density at radius 1 is 1.13 bits per heavy atom. The number of amides is 2. The first-order valence-electron chi connectivity index (χ1n) is 10.8. The van der Waals surface area contributed by atoms with E-state index in [1.165, 1.54) is 0 Å². The quantitative estimate of drug-likeness (QED) is 0.625. The number of aromatic nitrogens is 3. The van der Waals surface area contributed by atoms with Crippen molar-refractivity contribution < 1.29 is 9.59 Å². The van der Waals surface area contributed by atoms with E-state index in [0.717, 1.165) is 46.5 Å². The molecule has 1 atom stereocenters. The number of aryl methyl sites for hydroxylation is 2. The van der Waals surface area contributed by atoms with E-state index in [2.05, 4.69) is 29.6 Å². The maximum atomic E-state index is 13.2. The number of hydrogen-bond donors (Lipinski definition) is 2. The van der Waals surface area contributed by atoms with Crippen molar-refractivity contribution in [3.05, 3.63) is 52.8 Å². The van der Waals surface area contributed by atoms with Gasteiger partial charge < -0.3 is 10.6 Å². The molecule has 1 saturated carbocycles. The second-order valence-corrected chi connectivity index (χ2v) is 8.74. The third-order valence-corrected chi connectivity index (χ3v) is 5.80. The molecular formula is C24H29N5O2. The number of fused-ring (bicyclic) bond motifs is 1. The molecule has 0 radical (unpaired) electrons. The maximum Gasteiger partial charge on any atom is 0.252 e. The van der Waals surface area contributed by atoms with Crippen LogP contribution in [0.1, 0.15) is 72.9 Å². The number of rotatable bonds is 6. The molecule has 162 valence electrons. The SMILES string of the molecule is Cc1nn(C)c2nc(C(C)C)cc(C(=O)NC(C)c3ccc(NC(=O)C4CC4)cc3)c12. The predicted molar refractivity (Wildman–Crippen MR) is 121 cm³/mol. The van der Waals surface area contributed by atoms with Crippen molar-refractivity contribution >= 4 is 28.5 Å². The van der Waals surface area contributed by atoms with Gasteiger partial charge in [-0.1, -0.05) is 26.0 Å². The van der Waals surface area contributed by atoms with Crippen LogP contribution < -0.4 is 10.6 Å². The van der Waals surface area contributed by atoms with Crippen LogP contribution >= 0.6 is 0 Å². The molecule has 1 fully saturated rings. The van der Waals surface area contributed by atoms with E-state index in [0.29, 0.717) is 5.56 Å². The zero-order valence-electron chi connectivity index (χ0n) is 18.7. The van der Waals surface area contributed by atoms with E-state index in [-0.39, 0.29) is 29.7 Å². The normalized spacial score (nSPS) is 14.6. The van der Waals surface area contributed by atoms with E-state index in [1.54, 1.807) is 4.68 Å². The smallest absolute Gasteiger partial charge is 0.252 e. The van der Waals surface area contributed by atoms with Crippen molar-refractivity contribution in [2.45, 2.75) is 52.5 Å². The standard InChI is InChI=1S/C24H29N5O2/c1-13(2)20-12-19(21-15(4)28-29(5)22(21)27-20)24(31)25-14(3)16-8-10-18(11-9-16)26-23(30)17-6-7-17/h8-14,17H,6-7H2,1-5H3,(H,25,31)(H,26,30). The van der Waals surface area contributed by atoms with Crippen LogP contribution in [0.5, 0.6) is 0 Å². The largest absolute Gasteiger partial charge is 0.345 e. The van der Waals surface area contributed by atoms with Crippen LogP contribution in [0.25, 0.3) is 11.0 Å². The Morgan fingerprint density at radius 3 is 2.42 bits per heavy atom. The highest BCUT2D eigenvalue weighted by Crippen LogP contribution is 2.30. The second-order valence-electron chi connectivity index (χ2n) is 8.74. The van der Waals surface area contributed by atoms with Gasteiger partial charge in [-0.25, -0.2) is 4.98 Å². The molecule has 2 heterocycles. The molecule has 7 heteroatoms. The number of nitrogens with one attached hydrogen (secondary N) is 2. The lowest BCUT2D eigenvalue weighted by molar-refractivity contribution is -0.117. The minimum absolute atomic E-state index is 0.0867. The number of anilines is 1. The molecular weight excluding hydrogens is 390 g/mol. The minimum atomic E-state index is -0.191. The van der Waals surface area contributed by atoms with Gasteiger partial charge in [0.25, 0.3) is 5.91 Å². The lowest BCUT2D eigenvalue weighted by atomic mass is 10.0. The maximum absolute atomic E-state index is 13.2. The molecule has 2 N–H and O–H groups in total. The van der Waals surface area contributed by atoms with Gasteiger partial charge in [0.15, 0.2) is 5.65 Å². The third-order valence-electron chi connectivity index (χ3n) is 5.80. The number of nitrogens with zero attached hydrogens (tertiary/aromatic N) is 3. The summed E-state index contributed by atoms with van der Waals surface area (Å²) in [6, 6.07) is 9.31. The van der Waals surface area contributed by atoms with Crippen LogP contribution in [-0.2, 0) is 11.8 Å². The van der Waals surface area contributed by atoms with E-state index < -0.39 is 0 Å². The summed E-state index contributed by atoms with van der Waals surface area (Å²) >= 11 is 0. The highest BCUT2D eigenvalue weighted by Gasteiger charge is 2.29. The van der Waals surface area contributed by atoms with Crippen LogP contribution in [-0.4, -0.2) is 26.6 Å². The van der Waals surface area contributed by atoms with Crippen molar-refractivity contribution in [1.29, 1.82) is 0 Å². The highest BCUT2D eigenvalue weighted by atomic mass is 16.2. The zero-order chi connectivity index (χ0) is 22.3. The molecule has 0 spiro atoms. The summed E-state index contributed by atoms with van der Waals surface area (Å²) in [7, 11) is 1.85. The van der Waals surface area contributed by atoms with Gasteiger partial charge in [-0.15, -0.1) is 0 Å². The molecule has 2 amide bonds. The number of hydrogen-bond acceptors (Lipinski definition) is 4. The van der Waals surface area contributed by atoms with Gasteiger partial charge in [-0.05, 0) is 56.4 Å². The summed E-state index contributed by atoms with van der Waals surface area (Å²) in [5.41, 5.74) is 4.72. The highest BCUT2D eigenvalue weighted by molar-refractivity contribution is 6.06. The van der Waals surface area contributed by atoms with Gasteiger partial charge in [-0.3, -0.25) is 14.3 Å².